The molecule has 1 aromatic heterocycles. The monoisotopic (exact) mass is 459 g/mol. The molecule has 0 aliphatic rings. The van der Waals surface area contributed by atoms with Crippen LogP contribution in [-0.4, -0.2) is 37.0 Å². The SMILES string of the molecule is CN=C(NCc1cccc(CN(C)C)c1)NCc1ncc(C)s1.I. The van der Waals surface area contributed by atoms with Gasteiger partial charge in [0.05, 0.1) is 6.54 Å². The standard InChI is InChI=1S/C17H25N5S.HI/c1-13-9-19-16(23-13)11-21-17(18-2)20-10-14-6-5-7-15(8-14)12-22(3)4;/h5-9H,10-12H2,1-4H3,(H2,18,20,21);1H. The topological polar surface area (TPSA) is 52.6 Å². The van der Waals surface area contributed by atoms with Gasteiger partial charge in [0.15, 0.2) is 5.96 Å². The third-order valence-corrected chi connectivity index (χ3v) is 4.16. The molecule has 0 radical (unpaired) electrons. The van der Waals surface area contributed by atoms with E-state index in [9.17, 15) is 0 Å². The second-order valence-corrected chi connectivity index (χ2v) is 7.02. The molecule has 5 nitrogen and oxygen atoms in total. The molecule has 0 aliphatic heterocycles. The molecule has 0 fully saturated rings. The number of benzene rings is 1. The molecule has 0 atom stereocenters. The van der Waals surface area contributed by atoms with Gasteiger partial charge in [-0.25, -0.2) is 4.98 Å². The molecule has 1 heterocycles. The first-order valence-corrected chi connectivity index (χ1v) is 8.47. The fourth-order valence-electron chi connectivity index (χ4n) is 2.25. The lowest BCUT2D eigenvalue weighted by atomic mass is 10.1. The smallest absolute Gasteiger partial charge is 0.191 e. The summed E-state index contributed by atoms with van der Waals surface area (Å²) < 4.78 is 0. The number of thiazole rings is 1. The average molecular weight is 459 g/mol. The van der Waals surface area contributed by atoms with Crippen molar-refractivity contribution in [3.05, 3.63) is 51.5 Å². The Morgan fingerprint density at radius 1 is 1.21 bits per heavy atom. The van der Waals surface area contributed by atoms with Crippen LogP contribution in [0.25, 0.3) is 0 Å². The predicted octanol–water partition coefficient (Wildman–Crippen LogP) is 3.00. The summed E-state index contributed by atoms with van der Waals surface area (Å²) in [4.78, 5) is 12.0. The van der Waals surface area contributed by atoms with E-state index in [0.29, 0.717) is 6.54 Å². The van der Waals surface area contributed by atoms with Gasteiger partial charge < -0.3 is 15.5 Å². The number of nitrogens with zero attached hydrogens (tertiary/aromatic N) is 3. The van der Waals surface area contributed by atoms with Gasteiger partial charge in [-0.15, -0.1) is 35.3 Å². The number of nitrogens with one attached hydrogen (secondary N) is 2. The molecule has 2 aromatic rings. The molecule has 2 N–H and O–H groups in total. The number of guanidine groups is 1. The second-order valence-electron chi connectivity index (χ2n) is 5.70. The van der Waals surface area contributed by atoms with Gasteiger partial charge >= 0.3 is 0 Å². The van der Waals surface area contributed by atoms with Gasteiger partial charge in [0.25, 0.3) is 0 Å². The van der Waals surface area contributed by atoms with Gasteiger partial charge in [0.1, 0.15) is 5.01 Å². The Labute approximate surface area is 165 Å². The zero-order valence-electron chi connectivity index (χ0n) is 14.7. The first-order valence-electron chi connectivity index (χ1n) is 7.65. The summed E-state index contributed by atoms with van der Waals surface area (Å²) in [6, 6.07) is 8.61. The Hall–Kier alpha value is -1.19. The van der Waals surface area contributed by atoms with Gasteiger partial charge in [-0.2, -0.15) is 0 Å². The molecule has 0 aliphatic carbocycles. The van der Waals surface area contributed by atoms with Gasteiger partial charge in [0, 0.05) is 31.2 Å². The molecule has 0 bridgehead atoms. The maximum atomic E-state index is 4.35. The highest BCUT2D eigenvalue weighted by Gasteiger charge is 2.03. The number of aryl methyl sites for hydroxylation is 1. The summed E-state index contributed by atoms with van der Waals surface area (Å²) >= 11 is 1.70. The fraction of sp³-hybridized carbons (Fsp3) is 0.412. The number of hydrogen-bond acceptors (Lipinski definition) is 4. The van der Waals surface area contributed by atoms with E-state index in [4.69, 9.17) is 0 Å². The zero-order valence-corrected chi connectivity index (χ0v) is 17.8. The van der Waals surface area contributed by atoms with Crippen LogP contribution < -0.4 is 10.6 Å². The minimum absolute atomic E-state index is 0. The first-order chi connectivity index (χ1) is 11.1. The van der Waals surface area contributed by atoms with Crippen molar-refractivity contribution in [1.82, 2.24) is 20.5 Å². The summed E-state index contributed by atoms with van der Waals surface area (Å²) in [5.41, 5.74) is 2.56. The largest absolute Gasteiger partial charge is 0.352 e. The lowest BCUT2D eigenvalue weighted by Gasteiger charge is -2.13. The van der Waals surface area contributed by atoms with E-state index in [1.807, 2.05) is 6.20 Å². The maximum Gasteiger partial charge on any atom is 0.191 e. The van der Waals surface area contributed by atoms with E-state index in [1.165, 1.54) is 16.0 Å². The van der Waals surface area contributed by atoms with Crippen molar-refractivity contribution in [2.24, 2.45) is 4.99 Å². The maximum absolute atomic E-state index is 4.35. The van der Waals surface area contributed by atoms with Crippen LogP contribution in [0.1, 0.15) is 21.0 Å². The van der Waals surface area contributed by atoms with Crippen molar-refractivity contribution in [3.8, 4) is 0 Å². The highest BCUT2D eigenvalue weighted by atomic mass is 127. The molecular formula is C17H26IN5S. The quantitative estimate of drug-likeness (QED) is 0.396. The number of rotatable bonds is 6. The van der Waals surface area contributed by atoms with Crippen molar-refractivity contribution < 1.29 is 0 Å². The van der Waals surface area contributed by atoms with Crippen molar-refractivity contribution in [2.75, 3.05) is 21.1 Å². The molecule has 132 valence electrons. The van der Waals surface area contributed by atoms with Crippen molar-refractivity contribution >= 4 is 41.3 Å². The highest BCUT2D eigenvalue weighted by molar-refractivity contribution is 14.0. The van der Waals surface area contributed by atoms with Crippen molar-refractivity contribution in [2.45, 2.75) is 26.6 Å². The Kier molecular flexibility index (Phi) is 9.24. The number of halogens is 1. The molecule has 2 rings (SSSR count). The van der Waals surface area contributed by atoms with Gasteiger partial charge in [-0.3, -0.25) is 4.99 Å². The van der Waals surface area contributed by atoms with Crippen LogP contribution in [0.5, 0.6) is 0 Å². The lowest BCUT2D eigenvalue weighted by Crippen LogP contribution is -2.36. The van der Waals surface area contributed by atoms with E-state index in [1.54, 1.807) is 18.4 Å². The minimum Gasteiger partial charge on any atom is -0.352 e. The molecular weight excluding hydrogens is 433 g/mol. The number of aliphatic imine (C=N–C) groups is 1. The summed E-state index contributed by atoms with van der Waals surface area (Å²) in [5, 5.41) is 7.71. The molecule has 0 saturated heterocycles. The summed E-state index contributed by atoms with van der Waals surface area (Å²) in [7, 11) is 5.94. The second kappa shape index (κ2) is 10.6. The molecule has 1 aromatic carbocycles. The molecule has 0 amide bonds. The summed E-state index contributed by atoms with van der Waals surface area (Å²) in [6.07, 6.45) is 1.90. The molecule has 7 heteroatoms. The summed E-state index contributed by atoms with van der Waals surface area (Å²) in [5.74, 6) is 0.788. The lowest BCUT2D eigenvalue weighted by molar-refractivity contribution is 0.402. The van der Waals surface area contributed by atoms with Crippen LogP contribution in [0.15, 0.2) is 35.5 Å². The number of aromatic nitrogens is 1. The Morgan fingerprint density at radius 2 is 1.92 bits per heavy atom. The zero-order chi connectivity index (χ0) is 16.7. The number of hydrogen-bond donors (Lipinski definition) is 2. The van der Waals surface area contributed by atoms with Crippen molar-refractivity contribution in [3.63, 3.8) is 0 Å². The summed E-state index contributed by atoms with van der Waals surface area (Å²) in [6.45, 7) is 4.45. The van der Waals surface area contributed by atoms with Crippen LogP contribution in [0.4, 0.5) is 0 Å². The van der Waals surface area contributed by atoms with Gasteiger partial charge in [0.2, 0.25) is 0 Å². The van der Waals surface area contributed by atoms with Crippen LogP contribution in [0, 0.1) is 6.92 Å². The molecule has 0 saturated carbocycles. The molecule has 0 spiro atoms. The van der Waals surface area contributed by atoms with E-state index < -0.39 is 0 Å². The van der Waals surface area contributed by atoms with E-state index in [0.717, 1.165) is 24.1 Å². The average Bonchev–Trinajstić information content (AvgIpc) is 2.93. The van der Waals surface area contributed by atoms with E-state index >= 15 is 0 Å². The Bertz CT molecular complexity index is 654. The fourth-order valence-corrected chi connectivity index (χ4v) is 2.98. The third kappa shape index (κ3) is 7.14. The van der Waals surface area contributed by atoms with E-state index in [2.05, 4.69) is 70.8 Å². The van der Waals surface area contributed by atoms with Gasteiger partial charge in [-0.1, -0.05) is 24.3 Å². The molecule has 0 unspecified atom stereocenters. The van der Waals surface area contributed by atoms with Gasteiger partial charge in [-0.05, 0) is 32.1 Å². The van der Waals surface area contributed by atoms with Crippen LogP contribution in [-0.2, 0) is 19.6 Å². The van der Waals surface area contributed by atoms with E-state index in [-0.39, 0.29) is 24.0 Å². The third-order valence-electron chi connectivity index (χ3n) is 3.25. The Morgan fingerprint density at radius 3 is 2.54 bits per heavy atom. The Balaban J connectivity index is 0.00000288. The molecule has 24 heavy (non-hydrogen) atoms. The highest BCUT2D eigenvalue weighted by Crippen LogP contribution is 2.10. The first kappa shape index (κ1) is 20.9. The van der Waals surface area contributed by atoms with Crippen LogP contribution >= 0.6 is 35.3 Å². The predicted molar refractivity (Wildman–Crippen MR) is 113 cm³/mol. The van der Waals surface area contributed by atoms with Crippen LogP contribution in [0.2, 0.25) is 0 Å². The van der Waals surface area contributed by atoms with Crippen LogP contribution in [0.3, 0.4) is 0 Å². The normalized spacial score (nSPS) is 11.3. The minimum atomic E-state index is 0. The van der Waals surface area contributed by atoms with Crippen molar-refractivity contribution in [1.29, 1.82) is 0 Å².